The molecule has 1 aromatic carbocycles. The summed E-state index contributed by atoms with van der Waals surface area (Å²) < 4.78 is 10.5. The van der Waals surface area contributed by atoms with Crippen molar-refractivity contribution in [1.82, 2.24) is 5.32 Å². The van der Waals surface area contributed by atoms with Crippen molar-refractivity contribution in [3.63, 3.8) is 0 Å². The molecule has 24 heavy (non-hydrogen) atoms. The average molecular weight is 336 g/mol. The van der Waals surface area contributed by atoms with Crippen LogP contribution >= 0.6 is 0 Å². The van der Waals surface area contributed by atoms with Gasteiger partial charge in [0, 0.05) is 25.7 Å². The summed E-state index contributed by atoms with van der Waals surface area (Å²) in [4.78, 5) is 23.1. The Morgan fingerprint density at radius 3 is 2.79 bits per heavy atom. The van der Waals surface area contributed by atoms with Gasteiger partial charge in [0.2, 0.25) is 0 Å². The van der Waals surface area contributed by atoms with Crippen LogP contribution in [0.1, 0.15) is 25.3 Å². The van der Waals surface area contributed by atoms with E-state index in [9.17, 15) is 14.7 Å². The maximum absolute atomic E-state index is 12.3. The molecular formula is C17H24N2O5. The van der Waals surface area contributed by atoms with Crippen LogP contribution in [0.5, 0.6) is 5.75 Å². The van der Waals surface area contributed by atoms with Crippen LogP contribution in [0.4, 0.5) is 0 Å². The summed E-state index contributed by atoms with van der Waals surface area (Å²) in [5, 5.41) is 13.3. The van der Waals surface area contributed by atoms with Crippen LogP contribution in [-0.4, -0.2) is 42.3 Å². The molecule has 1 heterocycles. The Morgan fingerprint density at radius 2 is 2.12 bits per heavy atom. The predicted molar refractivity (Wildman–Crippen MR) is 87.1 cm³/mol. The molecule has 4 N–H and O–H groups in total. The van der Waals surface area contributed by atoms with Gasteiger partial charge in [-0.25, -0.2) is 0 Å². The molecule has 2 rings (SSSR count). The van der Waals surface area contributed by atoms with Gasteiger partial charge in [-0.15, -0.1) is 0 Å². The van der Waals surface area contributed by atoms with E-state index >= 15 is 0 Å². The summed E-state index contributed by atoms with van der Waals surface area (Å²) in [6, 6.07) is 6.99. The Hall–Kier alpha value is -2.12. The van der Waals surface area contributed by atoms with Gasteiger partial charge in [-0.05, 0) is 37.5 Å². The normalized spacial score (nSPS) is 17.8. The molecule has 1 aromatic rings. The number of carbonyl (C=O) groups excluding carboxylic acids is 2. The molecule has 7 heteroatoms. The van der Waals surface area contributed by atoms with Crippen LogP contribution in [0.3, 0.4) is 0 Å². The Morgan fingerprint density at radius 1 is 1.42 bits per heavy atom. The maximum Gasteiger partial charge on any atom is 0.255 e. The van der Waals surface area contributed by atoms with Gasteiger partial charge in [-0.3, -0.25) is 9.59 Å². The topological polar surface area (TPSA) is 111 Å². The SMILES string of the molecule is CC(O)(C(=O)NCc1cccc(OCC(N)=O)c1)C1CCOCC1. The predicted octanol–water partition coefficient (Wildman–Crippen LogP) is 0.345. The molecule has 1 unspecified atom stereocenters. The molecule has 0 spiro atoms. The van der Waals surface area contributed by atoms with Crippen molar-refractivity contribution in [3.8, 4) is 5.75 Å². The molecular weight excluding hydrogens is 312 g/mol. The van der Waals surface area contributed by atoms with E-state index in [4.69, 9.17) is 15.2 Å². The average Bonchev–Trinajstić information content (AvgIpc) is 2.59. The lowest BCUT2D eigenvalue weighted by Gasteiger charge is -2.34. The molecule has 0 aromatic heterocycles. The van der Waals surface area contributed by atoms with Crippen molar-refractivity contribution < 1.29 is 24.2 Å². The smallest absolute Gasteiger partial charge is 0.255 e. The monoisotopic (exact) mass is 336 g/mol. The standard InChI is InChI=1S/C17H24N2O5/c1-17(22,13-5-7-23-8-6-13)16(21)19-10-12-3-2-4-14(9-12)24-11-15(18)20/h2-4,9,13,22H,5-8,10-11H2,1H3,(H2,18,20)(H,19,21). The number of hydrogen-bond donors (Lipinski definition) is 3. The van der Waals surface area contributed by atoms with E-state index in [2.05, 4.69) is 5.32 Å². The Kier molecular flexibility index (Phi) is 6.16. The van der Waals surface area contributed by atoms with Crippen LogP contribution in [0.25, 0.3) is 0 Å². The number of rotatable bonds is 7. The van der Waals surface area contributed by atoms with Gasteiger partial charge in [0.15, 0.2) is 6.61 Å². The highest BCUT2D eigenvalue weighted by Gasteiger charge is 2.39. The van der Waals surface area contributed by atoms with Crippen LogP contribution in [0.2, 0.25) is 0 Å². The minimum Gasteiger partial charge on any atom is -0.484 e. The van der Waals surface area contributed by atoms with E-state index in [0.717, 1.165) is 5.56 Å². The molecule has 0 bridgehead atoms. The number of aliphatic hydroxyl groups is 1. The largest absolute Gasteiger partial charge is 0.484 e. The molecule has 132 valence electrons. The summed E-state index contributed by atoms with van der Waals surface area (Å²) >= 11 is 0. The first-order chi connectivity index (χ1) is 11.4. The van der Waals surface area contributed by atoms with E-state index in [1.807, 2.05) is 6.07 Å². The van der Waals surface area contributed by atoms with Crippen molar-refractivity contribution in [1.29, 1.82) is 0 Å². The summed E-state index contributed by atoms with van der Waals surface area (Å²) in [6.07, 6.45) is 1.33. The lowest BCUT2D eigenvalue weighted by Crippen LogP contribution is -2.51. The molecule has 1 fully saturated rings. The van der Waals surface area contributed by atoms with Gasteiger partial charge in [0.1, 0.15) is 11.4 Å². The molecule has 1 saturated heterocycles. The number of amides is 2. The first-order valence-corrected chi connectivity index (χ1v) is 7.98. The van der Waals surface area contributed by atoms with Crippen LogP contribution in [0, 0.1) is 5.92 Å². The van der Waals surface area contributed by atoms with Crippen LogP contribution in [0.15, 0.2) is 24.3 Å². The van der Waals surface area contributed by atoms with E-state index in [-0.39, 0.29) is 19.1 Å². The molecule has 1 aliphatic rings. The molecule has 7 nitrogen and oxygen atoms in total. The third-order valence-electron chi connectivity index (χ3n) is 4.21. The fourth-order valence-corrected chi connectivity index (χ4v) is 2.71. The van der Waals surface area contributed by atoms with Crippen molar-refractivity contribution in [3.05, 3.63) is 29.8 Å². The van der Waals surface area contributed by atoms with Crippen molar-refractivity contribution in [2.45, 2.75) is 31.9 Å². The summed E-state index contributed by atoms with van der Waals surface area (Å²) in [5.41, 5.74) is 4.41. The highest BCUT2D eigenvalue weighted by atomic mass is 16.5. The van der Waals surface area contributed by atoms with Crippen molar-refractivity contribution >= 4 is 11.8 Å². The highest BCUT2D eigenvalue weighted by Crippen LogP contribution is 2.27. The second-order valence-electron chi connectivity index (χ2n) is 6.12. The maximum atomic E-state index is 12.3. The molecule has 0 saturated carbocycles. The lowest BCUT2D eigenvalue weighted by molar-refractivity contribution is -0.147. The zero-order valence-electron chi connectivity index (χ0n) is 13.8. The van der Waals surface area contributed by atoms with Gasteiger partial charge >= 0.3 is 0 Å². The summed E-state index contributed by atoms with van der Waals surface area (Å²) in [5.74, 6) is -0.577. The quantitative estimate of drug-likeness (QED) is 0.665. The lowest BCUT2D eigenvalue weighted by atomic mass is 9.82. The van der Waals surface area contributed by atoms with Crippen molar-refractivity contribution in [2.24, 2.45) is 11.7 Å². The van der Waals surface area contributed by atoms with E-state index in [1.54, 1.807) is 25.1 Å². The first-order valence-electron chi connectivity index (χ1n) is 7.98. The first kappa shape index (κ1) is 18.2. The number of hydrogen-bond acceptors (Lipinski definition) is 5. The zero-order valence-corrected chi connectivity index (χ0v) is 13.8. The van der Waals surface area contributed by atoms with E-state index in [1.165, 1.54) is 0 Å². The van der Waals surface area contributed by atoms with Gasteiger partial charge in [-0.2, -0.15) is 0 Å². The van der Waals surface area contributed by atoms with E-state index in [0.29, 0.717) is 31.8 Å². The Labute approximate surface area is 141 Å². The van der Waals surface area contributed by atoms with E-state index < -0.39 is 17.4 Å². The second-order valence-corrected chi connectivity index (χ2v) is 6.12. The minimum atomic E-state index is -1.43. The number of primary amides is 1. The van der Waals surface area contributed by atoms with Gasteiger partial charge < -0.3 is 25.6 Å². The summed E-state index contributed by atoms with van der Waals surface area (Å²) in [6.45, 7) is 2.73. The van der Waals surface area contributed by atoms with Gasteiger partial charge in [0.25, 0.3) is 11.8 Å². The molecule has 1 aliphatic heterocycles. The number of carbonyl (C=O) groups is 2. The number of ether oxygens (including phenoxy) is 2. The molecule has 2 amide bonds. The molecule has 0 aliphatic carbocycles. The fourth-order valence-electron chi connectivity index (χ4n) is 2.71. The highest BCUT2D eigenvalue weighted by molar-refractivity contribution is 5.84. The third-order valence-corrected chi connectivity index (χ3v) is 4.21. The third kappa shape index (κ3) is 4.94. The van der Waals surface area contributed by atoms with Crippen molar-refractivity contribution in [2.75, 3.05) is 19.8 Å². The number of benzene rings is 1. The zero-order chi connectivity index (χ0) is 17.6. The number of nitrogens with two attached hydrogens (primary N) is 1. The molecule has 1 atom stereocenters. The van der Waals surface area contributed by atoms with Gasteiger partial charge in [-0.1, -0.05) is 12.1 Å². The van der Waals surface area contributed by atoms with Crippen LogP contribution in [-0.2, 0) is 20.9 Å². The Balaban J connectivity index is 1.90. The molecule has 0 radical (unpaired) electrons. The Bertz CT molecular complexity index is 582. The summed E-state index contributed by atoms with van der Waals surface area (Å²) in [7, 11) is 0. The fraction of sp³-hybridized carbons (Fsp3) is 0.529. The van der Waals surface area contributed by atoms with Gasteiger partial charge in [0.05, 0.1) is 0 Å². The number of nitrogens with one attached hydrogen (secondary N) is 1. The minimum absolute atomic E-state index is 0.114. The second kappa shape index (κ2) is 8.12. The van der Waals surface area contributed by atoms with Crippen LogP contribution < -0.4 is 15.8 Å².